The highest BCUT2D eigenvalue weighted by Gasteiger charge is 2.05. The van der Waals surface area contributed by atoms with E-state index in [0.717, 1.165) is 16.9 Å². The lowest BCUT2D eigenvalue weighted by atomic mass is 10.1. The molecule has 2 N–H and O–H groups in total. The molecule has 0 bridgehead atoms. The first-order valence-corrected chi connectivity index (χ1v) is 6.89. The Morgan fingerprint density at radius 2 is 1.75 bits per heavy atom. The van der Waals surface area contributed by atoms with Gasteiger partial charge in [-0.3, -0.25) is 0 Å². The van der Waals surface area contributed by atoms with E-state index >= 15 is 0 Å². The number of nitrogens with zero attached hydrogens (tertiary/aromatic N) is 1. The summed E-state index contributed by atoms with van der Waals surface area (Å²) in [5, 5.41) is 3.49. The number of fused-ring (bicyclic) bond motifs is 1. The Hall–Kier alpha value is -2.29. The summed E-state index contributed by atoms with van der Waals surface area (Å²) in [6, 6.07) is 12.5. The fraction of sp³-hybridized carbons (Fsp3) is 0.235. The molecule has 20 heavy (non-hydrogen) atoms. The second kappa shape index (κ2) is 5.00. The average Bonchev–Trinajstić information content (AvgIpc) is 2.80. The minimum atomic E-state index is 0.708. The summed E-state index contributed by atoms with van der Waals surface area (Å²) in [6.45, 7) is 7.12. The molecule has 0 radical (unpaired) electrons. The molecule has 3 heteroatoms. The van der Waals surface area contributed by atoms with Crippen molar-refractivity contribution >= 4 is 16.7 Å². The third-order valence-electron chi connectivity index (χ3n) is 3.55. The maximum Gasteiger partial charge on any atom is 0.126 e. The Morgan fingerprint density at radius 1 is 1.05 bits per heavy atom. The van der Waals surface area contributed by atoms with Gasteiger partial charge in [-0.2, -0.15) is 0 Å². The Labute approximate surface area is 119 Å². The zero-order valence-electron chi connectivity index (χ0n) is 12.1. The van der Waals surface area contributed by atoms with Gasteiger partial charge >= 0.3 is 0 Å². The number of imidazole rings is 1. The number of para-hydroxylation sites is 2. The van der Waals surface area contributed by atoms with Gasteiger partial charge < -0.3 is 10.3 Å². The number of hydrogen-bond donors (Lipinski definition) is 2. The predicted molar refractivity (Wildman–Crippen MR) is 84.1 cm³/mol. The third-order valence-corrected chi connectivity index (χ3v) is 3.55. The zero-order chi connectivity index (χ0) is 14.1. The second-order valence-corrected chi connectivity index (χ2v) is 5.33. The highest BCUT2D eigenvalue weighted by molar-refractivity contribution is 5.74. The highest BCUT2D eigenvalue weighted by Crippen LogP contribution is 2.22. The summed E-state index contributed by atoms with van der Waals surface area (Å²) < 4.78 is 0. The molecule has 3 nitrogen and oxygen atoms in total. The predicted octanol–water partition coefficient (Wildman–Crippen LogP) is 4.10. The van der Waals surface area contributed by atoms with Crippen LogP contribution in [0.2, 0.25) is 0 Å². The number of anilines is 1. The molecule has 0 aliphatic carbocycles. The van der Waals surface area contributed by atoms with Crippen molar-refractivity contribution in [1.29, 1.82) is 0 Å². The topological polar surface area (TPSA) is 40.7 Å². The molecule has 3 rings (SSSR count). The van der Waals surface area contributed by atoms with Crippen molar-refractivity contribution in [2.75, 3.05) is 5.32 Å². The largest absolute Gasteiger partial charge is 0.377 e. The average molecular weight is 265 g/mol. The third kappa shape index (κ3) is 2.39. The van der Waals surface area contributed by atoms with Gasteiger partial charge in [0.15, 0.2) is 0 Å². The zero-order valence-corrected chi connectivity index (χ0v) is 12.1. The molecule has 0 aliphatic heterocycles. The highest BCUT2D eigenvalue weighted by atomic mass is 15.0. The van der Waals surface area contributed by atoms with Crippen molar-refractivity contribution in [3.63, 3.8) is 0 Å². The normalized spacial score (nSPS) is 10.9. The van der Waals surface area contributed by atoms with Gasteiger partial charge in [0.1, 0.15) is 5.82 Å². The van der Waals surface area contributed by atoms with Crippen LogP contribution in [0.4, 0.5) is 5.69 Å². The number of hydrogen-bond acceptors (Lipinski definition) is 2. The van der Waals surface area contributed by atoms with Gasteiger partial charge in [-0.25, -0.2) is 4.98 Å². The summed E-state index contributed by atoms with van der Waals surface area (Å²) in [5.74, 6) is 0.963. The molecule has 1 heterocycles. The van der Waals surface area contributed by atoms with E-state index in [0.29, 0.717) is 6.54 Å². The lowest BCUT2D eigenvalue weighted by molar-refractivity contribution is 1.00. The number of H-pyrrole nitrogens is 1. The minimum absolute atomic E-state index is 0.708. The van der Waals surface area contributed by atoms with E-state index in [1.165, 1.54) is 22.4 Å². The van der Waals surface area contributed by atoms with E-state index in [9.17, 15) is 0 Å². The van der Waals surface area contributed by atoms with Crippen molar-refractivity contribution in [2.45, 2.75) is 27.3 Å². The van der Waals surface area contributed by atoms with Gasteiger partial charge in [0.2, 0.25) is 0 Å². The molecule has 102 valence electrons. The van der Waals surface area contributed by atoms with Crippen LogP contribution in [0, 0.1) is 20.8 Å². The molecule has 1 aromatic heterocycles. The van der Waals surface area contributed by atoms with E-state index in [4.69, 9.17) is 0 Å². The van der Waals surface area contributed by atoms with Crippen LogP contribution in [-0.2, 0) is 6.54 Å². The number of nitrogens with one attached hydrogen (secondary N) is 2. The molecule has 0 fully saturated rings. The van der Waals surface area contributed by atoms with Gasteiger partial charge in [0.25, 0.3) is 0 Å². The molecular weight excluding hydrogens is 246 g/mol. The Balaban J connectivity index is 1.83. The first kappa shape index (κ1) is 12.7. The van der Waals surface area contributed by atoms with Crippen molar-refractivity contribution in [3.8, 4) is 0 Å². The summed E-state index contributed by atoms with van der Waals surface area (Å²) >= 11 is 0. The number of benzene rings is 2. The van der Waals surface area contributed by atoms with E-state index in [1.54, 1.807) is 0 Å². The van der Waals surface area contributed by atoms with Crippen LogP contribution < -0.4 is 5.32 Å². The fourth-order valence-corrected chi connectivity index (χ4v) is 2.72. The van der Waals surface area contributed by atoms with Crippen LogP contribution in [0.15, 0.2) is 36.4 Å². The van der Waals surface area contributed by atoms with Crippen molar-refractivity contribution in [1.82, 2.24) is 9.97 Å². The molecule has 2 aromatic carbocycles. The molecule has 0 saturated heterocycles. The van der Waals surface area contributed by atoms with Crippen LogP contribution in [0.5, 0.6) is 0 Å². The van der Waals surface area contributed by atoms with E-state index in [2.05, 4.69) is 48.2 Å². The second-order valence-electron chi connectivity index (χ2n) is 5.33. The Morgan fingerprint density at radius 3 is 2.45 bits per heavy atom. The monoisotopic (exact) mass is 265 g/mol. The van der Waals surface area contributed by atoms with Crippen molar-refractivity contribution in [2.24, 2.45) is 0 Å². The van der Waals surface area contributed by atoms with E-state index < -0.39 is 0 Å². The maximum atomic E-state index is 4.59. The van der Waals surface area contributed by atoms with Crippen LogP contribution in [0.25, 0.3) is 11.0 Å². The summed E-state index contributed by atoms with van der Waals surface area (Å²) in [6.07, 6.45) is 0. The standard InChI is InChI=1S/C17H19N3/c1-11-8-12(2)17(13(3)9-11)18-10-16-19-14-6-4-5-7-15(14)20-16/h4-9,18H,10H2,1-3H3,(H,19,20). The molecule has 3 aromatic rings. The minimum Gasteiger partial charge on any atom is -0.377 e. The van der Waals surface area contributed by atoms with Gasteiger partial charge in [-0.15, -0.1) is 0 Å². The first-order valence-electron chi connectivity index (χ1n) is 6.89. The van der Waals surface area contributed by atoms with E-state index in [-0.39, 0.29) is 0 Å². The van der Waals surface area contributed by atoms with Gasteiger partial charge in [0.05, 0.1) is 17.6 Å². The van der Waals surface area contributed by atoms with Crippen LogP contribution in [-0.4, -0.2) is 9.97 Å². The molecule has 0 aliphatic rings. The SMILES string of the molecule is Cc1cc(C)c(NCc2nc3ccccc3[nH]2)c(C)c1. The van der Waals surface area contributed by atoms with Crippen molar-refractivity contribution in [3.05, 3.63) is 58.9 Å². The smallest absolute Gasteiger partial charge is 0.126 e. The first-order chi connectivity index (χ1) is 9.63. The summed E-state index contributed by atoms with van der Waals surface area (Å²) in [7, 11) is 0. The summed E-state index contributed by atoms with van der Waals surface area (Å²) in [5.41, 5.74) is 7.16. The molecular formula is C17H19N3. The number of aromatic nitrogens is 2. The fourth-order valence-electron chi connectivity index (χ4n) is 2.72. The lowest BCUT2D eigenvalue weighted by Crippen LogP contribution is -2.04. The van der Waals surface area contributed by atoms with Crippen molar-refractivity contribution < 1.29 is 0 Å². The molecule has 0 spiro atoms. The van der Waals surface area contributed by atoms with Gasteiger partial charge in [-0.1, -0.05) is 29.8 Å². The Bertz CT molecular complexity index is 700. The van der Waals surface area contributed by atoms with Crippen LogP contribution >= 0.6 is 0 Å². The molecule has 0 amide bonds. The van der Waals surface area contributed by atoms with Crippen LogP contribution in [0.1, 0.15) is 22.5 Å². The number of aromatic amines is 1. The number of rotatable bonds is 3. The Kier molecular flexibility index (Phi) is 3.18. The van der Waals surface area contributed by atoms with Crippen LogP contribution in [0.3, 0.4) is 0 Å². The lowest BCUT2D eigenvalue weighted by Gasteiger charge is -2.12. The molecule has 0 saturated carbocycles. The molecule has 0 unspecified atom stereocenters. The van der Waals surface area contributed by atoms with E-state index in [1.807, 2.05) is 24.3 Å². The summed E-state index contributed by atoms with van der Waals surface area (Å²) in [4.78, 5) is 7.93. The van der Waals surface area contributed by atoms with Gasteiger partial charge in [0, 0.05) is 5.69 Å². The maximum absolute atomic E-state index is 4.59. The number of aryl methyl sites for hydroxylation is 3. The van der Waals surface area contributed by atoms with Gasteiger partial charge in [-0.05, 0) is 44.0 Å². The molecule has 0 atom stereocenters. The quantitative estimate of drug-likeness (QED) is 0.748.